The van der Waals surface area contributed by atoms with E-state index in [1.54, 1.807) is 0 Å². The predicted molar refractivity (Wildman–Crippen MR) is 107 cm³/mol. The normalized spacial score (nSPS) is 17.9. The number of aromatic nitrogens is 1. The molecular weight excluding hydrogens is 362 g/mol. The number of carbonyl (C=O) groups is 1. The van der Waals surface area contributed by atoms with Crippen LogP contribution in [-0.2, 0) is 4.74 Å². The number of carbonyl (C=O) groups excluding carboxylic acids is 1. The zero-order chi connectivity index (χ0) is 18.6. The second-order valence-electron chi connectivity index (χ2n) is 7.01. The number of nitrogens with one attached hydrogen (secondary N) is 1. The van der Waals surface area contributed by atoms with Gasteiger partial charge in [-0.3, -0.25) is 4.79 Å². The van der Waals surface area contributed by atoms with E-state index in [4.69, 9.17) is 9.47 Å². The lowest BCUT2D eigenvalue weighted by Gasteiger charge is -2.25. The third-order valence-electron chi connectivity index (χ3n) is 4.99. The van der Waals surface area contributed by atoms with Crippen LogP contribution >= 0.6 is 11.3 Å². The highest BCUT2D eigenvalue weighted by atomic mass is 32.1. The zero-order valence-electron chi connectivity index (χ0n) is 15.6. The van der Waals surface area contributed by atoms with Crippen molar-refractivity contribution in [3.8, 4) is 5.75 Å². The van der Waals surface area contributed by atoms with Crippen LogP contribution in [0.5, 0.6) is 5.75 Å². The summed E-state index contributed by atoms with van der Waals surface area (Å²) in [5, 5.41) is 3.86. The van der Waals surface area contributed by atoms with Crippen LogP contribution in [-0.4, -0.2) is 43.3 Å². The van der Waals surface area contributed by atoms with Gasteiger partial charge < -0.3 is 19.7 Å². The van der Waals surface area contributed by atoms with Gasteiger partial charge in [0.2, 0.25) is 0 Å². The fraction of sp³-hybridized carbons (Fsp3) is 0.500. The third kappa shape index (κ3) is 4.42. The molecule has 6 nitrogen and oxygen atoms in total. The first kappa shape index (κ1) is 18.3. The van der Waals surface area contributed by atoms with E-state index in [-0.39, 0.29) is 5.91 Å². The van der Waals surface area contributed by atoms with Crippen molar-refractivity contribution < 1.29 is 14.3 Å². The van der Waals surface area contributed by atoms with Crippen molar-refractivity contribution in [1.29, 1.82) is 0 Å². The van der Waals surface area contributed by atoms with E-state index in [1.165, 1.54) is 24.2 Å². The number of amides is 1. The first-order chi connectivity index (χ1) is 13.2. The Morgan fingerprint density at radius 3 is 2.63 bits per heavy atom. The molecule has 27 heavy (non-hydrogen) atoms. The number of benzene rings is 1. The van der Waals surface area contributed by atoms with Gasteiger partial charge in [-0.25, -0.2) is 4.98 Å². The lowest BCUT2D eigenvalue weighted by Crippen LogP contribution is -2.36. The average Bonchev–Trinajstić information content (AvgIpc) is 3.34. The number of hydrogen-bond donors (Lipinski definition) is 1. The highest BCUT2D eigenvalue weighted by molar-refractivity contribution is 7.17. The van der Waals surface area contributed by atoms with Crippen molar-refractivity contribution in [2.45, 2.75) is 38.7 Å². The summed E-state index contributed by atoms with van der Waals surface area (Å²) in [5.74, 6) is 0.748. The number of anilines is 2. The Labute approximate surface area is 163 Å². The molecule has 1 aromatic heterocycles. The van der Waals surface area contributed by atoms with Crippen LogP contribution in [0, 0.1) is 6.92 Å². The Balaban J connectivity index is 1.39. The molecule has 144 valence electrons. The molecule has 1 amide bonds. The van der Waals surface area contributed by atoms with Gasteiger partial charge in [-0.2, -0.15) is 0 Å². The van der Waals surface area contributed by atoms with Gasteiger partial charge in [-0.05, 0) is 56.9 Å². The number of nitrogens with zero attached hydrogens (tertiary/aromatic N) is 2. The Bertz CT molecular complexity index is 778. The van der Waals surface area contributed by atoms with Gasteiger partial charge in [0.05, 0.1) is 25.0 Å². The molecule has 2 heterocycles. The average molecular weight is 388 g/mol. The summed E-state index contributed by atoms with van der Waals surface area (Å²) in [6.07, 6.45) is 5.10. The molecule has 1 aliphatic heterocycles. The highest BCUT2D eigenvalue weighted by Crippen LogP contribution is 2.28. The fourth-order valence-corrected chi connectivity index (χ4v) is 4.50. The maximum Gasteiger partial charge on any atom is 0.267 e. The second kappa shape index (κ2) is 8.27. The molecule has 0 bridgehead atoms. The second-order valence-corrected chi connectivity index (χ2v) is 7.99. The van der Waals surface area contributed by atoms with E-state index >= 15 is 0 Å². The minimum atomic E-state index is -0.117. The van der Waals surface area contributed by atoms with E-state index in [0.29, 0.717) is 24.2 Å². The molecular formula is C20H25N3O3S. The highest BCUT2D eigenvalue weighted by Gasteiger charge is 2.21. The van der Waals surface area contributed by atoms with Gasteiger partial charge in [0.25, 0.3) is 5.91 Å². The van der Waals surface area contributed by atoms with Crippen LogP contribution in [0.1, 0.15) is 41.0 Å². The molecule has 4 rings (SSSR count). The summed E-state index contributed by atoms with van der Waals surface area (Å²) in [7, 11) is 0. The number of aryl methyl sites for hydroxylation is 1. The zero-order valence-corrected chi connectivity index (χ0v) is 16.4. The van der Waals surface area contributed by atoms with E-state index in [9.17, 15) is 4.79 Å². The maximum absolute atomic E-state index is 12.7. The molecule has 7 heteroatoms. The van der Waals surface area contributed by atoms with E-state index in [1.807, 2.05) is 31.2 Å². The Kier molecular flexibility index (Phi) is 5.59. The molecule has 1 N–H and O–H groups in total. The number of thiazole rings is 1. The number of rotatable bonds is 5. The molecule has 1 aliphatic carbocycles. The predicted octanol–water partition coefficient (Wildman–Crippen LogP) is 3.86. The van der Waals surface area contributed by atoms with Gasteiger partial charge in [0.15, 0.2) is 5.13 Å². The molecule has 1 aromatic carbocycles. The summed E-state index contributed by atoms with van der Waals surface area (Å²) >= 11 is 1.44. The summed E-state index contributed by atoms with van der Waals surface area (Å²) in [6.45, 7) is 4.92. The molecule has 1 saturated carbocycles. The van der Waals surface area contributed by atoms with Crippen LogP contribution in [0.3, 0.4) is 0 Å². The lowest BCUT2D eigenvalue weighted by molar-refractivity contribution is 0.102. The van der Waals surface area contributed by atoms with Crippen molar-refractivity contribution in [2.24, 2.45) is 0 Å². The minimum Gasteiger partial charge on any atom is -0.490 e. The van der Waals surface area contributed by atoms with Gasteiger partial charge >= 0.3 is 0 Å². The smallest absolute Gasteiger partial charge is 0.267 e. The summed E-state index contributed by atoms with van der Waals surface area (Å²) < 4.78 is 11.4. The van der Waals surface area contributed by atoms with Crippen LogP contribution in [0.25, 0.3) is 0 Å². The molecule has 0 radical (unpaired) electrons. The van der Waals surface area contributed by atoms with Crippen molar-refractivity contribution in [2.75, 3.05) is 36.5 Å². The summed E-state index contributed by atoms with van der Waals surface area (Å²) in [6, 6.07) is 7.63. The van der Waals surface area contributed by atoms with Crippen molar-refractivity contribution in [1.82, 2.24) is 4.98 Å². The SMILES string of the molecule is Cc1nc(N2CCOCC2)sc1C(=O)Nc1ccc(OC2CCCC2)cc1. The monoisotopic (exact) mass is 387 g/mol. The first-order valence-corrected chi connectivity index (χ1v) is 10.4. The molecule has 2 fully saturated rings. The van der Waals surface area contributed by atoms with Crippen LogP contribution in [0.15, 0.2) is 24.3 Å². The topological polar surface area (TPSA) is 63.7 Å². The summed E-state index contributed by atoms with van der Waals surface area (Å²) in [5.41, 5.74) is 1.53. The Hall–Kier alpha value is -2.12. The van der Waals surface area contributed by atoms with Gasteiger partial charge in [0, 0.05) is 18.8 Å². The molecule has 0 unspecified atom stereocenters. The lowest BCUT2D eigenvalue weighted by atomic mass is 10.2. The van der Waals surface area contributed by atoms with Crippen LogP contribution in [0.4, 0.5) is 10.8 Å². The van der Waals surface area contributed by atoms with Gasteiger partial charge in [0.1, 0.15) is 10.6 Å². The quantitative estimate of drug-likeness (QED) is 0.844. The minimum absolute atomic E-state index is 0.117. The van der Waals surface area contributed by atoms with Crippen LogP contribution < -0.4 is 15.0 Å². The standard InChI is InChI=1S/C20H25N3O3S/c1-14-18(27-20(21-14)23-10-12-25-13-11-23)19(24)22-15-6-8-17(9-7-15)26-16-4-2-3-5-16/h6-9,16H,2-5,10-13H2,1H3,(H,22,24). The van der Waals surface area contributed by atoms with Gasteiger partial charge in [-0.15, -0.1) is 0 Å². The third-order valence-corrected chi connectivity index (χ3v) is 6.21. The largest absolute Gasteiger partial charge is 0.490 e. The first-order valence-electron chi connectivity index (χ1n) is 9.57. The maximum atomic E-state index is 12.7. The molecule has 0 spiro atoms. The summed E-state index contributed by atoms with van der Waals surface area (Å²) in [4.78, 5) is 20.1. The van der Waals surface area contributed by atoms with Crippen molar-refractivity contribution >= 4 is 28.1 Å². The fourth-order valence-electron chi connectivity index (χ4n) is 3.49. The molecule has 1 saturated heterocycles. The van der Waals surface area contributed by atoms with Crippen molar-refractivity contribution in [3.05, 3.63) is 34.8 Å². The molecule has 2 aliphatic rings. The Morgan fingerprint density at radius 2 is 1.93 bits per heavy atom. The van der Waals surface area contributed by atoms with E-state index in [2.05, 4.69) is 15.2 Å². The number of morpholine rings is 1. The number of hydrogen-bond acceptors (Lipinski definition) is 6. The van der Waals surface area contributed by atoms with Crippen molar-refractivity contribution in [3.63, 3.8) is 0 Å². The van der Waals surface area contributed by atoms with E-state index < -0.39 is 0 Å². The Morgan fingerprint density at radius 1 is 1.22 bits per heavy atom. The molecule has 0 atom stereocenters. The van der Waals surface area contributed by atoms with Gasteiger partial charge in [-0.1, -0.05) is 11.3 Å². The van der Waals surface area contributed by atoms with Crippen LogP contribution in [0.2, 0.25) is 0 Å². The molecule has 2 aromatic rings. The van der Waals surface area contributed by atoms with E-state index in [0.717, 1.165) is 48.2 Å². The number of ether oxygens (including phenoxy) is 2.